The molecule has 3 unspecified atom stereocenters. The second-order valence-electron chi connectivity index (χ2n) is 4.36. The molecule has 0 bridgehead atoms. The van der Waals surface area contributed by atoms with Crippen LogP contribution >= 0.6 is 34.4 Å². The van der Waals surface area contributed by atoms with E-state index in [1.807, 2.05) is 0 Å². The molecule has 2 N–H and O–H groups in total. The SMILES string of the molecule is CC(O)C1C(=O)N2C(C(=O)O)=C(SCCI)CC12. The molecule has 2 aliphatic heterocycles. The molecule has 100 valence electrons. The third kappa shape index (κ3) is 2.16. The number of hydrogen-bond donors (Lipinski definition) is 2. The minimum Gasteiger partial charge on any atom is -0.477 e. The van der Waals surface area contributed by atoms with Crippen LogP contribution in [0.3, 0.4) is 0 Å². The van der Waals surface area contributed by atoms with Gasteiger partial charge in [-0.05, 0) is 6.92 Å². The van der Waals surface area contributed by atoms with E-state index in [9.17, 15) is 19.8 Å². The first-order valence-corrected chi connectivity index (χ1v) is 8.16. The Morgan fingerprint density at radius 1 is 1.67 bits per heavy atom. The average molecular weight is 383 g/mol. The summed E-state index contributed by atoms with van der Waals surface area (Å²) in [5.74, 6) is -0.929. The molecule has 2 heterocycles. The Bertz CT molecular complexity index is 423. The Labute approximate surface area is 123 Å². The molecular weight excluding hydrogens is 369 g/mol. The van der Waals surface area contributed by atoms with E-state index in [1.54, 1.807) is 6.92 Å². The van der Waals surface area contributed by atoms with Gasteiger partial charge in [-0.2, -0.15) is 0 Å². The third-order valence-electron chi connectivity index (χ3n) is 3.24. The molecular formula is C11H14INO4S. The van der Waals surface area contributed by atoms with E-state index in [0.29, 0.717) is 6.42 Å². The molecule has 18 heavy (non-hydrogen) atoms. The van der Waals surface area contributed by atoms with Gasteiger partial charge in [0, 0.05) is 21.5 Å². The maximum atomic E-state index is 11.9. The standard InChI is InChI=1S/C11H14INO4S/c1-5(14)8-6-4-7(18-3-2-12)9(11(16)17)13(6)10(8)15/h5-6,8,14H,2-4H2,1H3,(H,16,17). The van der Waals surface area contributed by atoms with Crippen molar-refractivity contribution in [1.29, 1.82) is 0 Å². The number of halogens is 1. The monoisotopic (exact) mass is 383 g/mol. The lowest BCUT2D eigenvalue weighted by atomic mass is 9.83. The number of nitrogens with zero attached hydrogens (tertiary/aromatic N) is 1. The number of carboxylic acid groups (broad SMARTS) is 1. The van der Waals surface area contributed by atoms with Gasteiger partial charge in [-0.25, -0.2) is 4.79 Å². The van der Waals surface area contributed by atoms with Gasteiger partial charge in [-0.3, -0.25) is 4.79 Å². The zero-order valence-corrected chi connectivity index (χ0v) is 12.8. The summed E-state index contributed by atoms with van der Waals surface area (Å²) in [6, 6.07) is -0.166. The summed E-state index contributed by atoms with van der Waals surface area (Å²) in [7, 11) is 0. The van der Waals surface area contributed by atoms with E-state index in [0.717, 1.165) is 15.1 Å². The van der Waals surface area contributed by atoms with Crippen LogP contribution in [0.15, 0.2) is 10.6 Å². The first kappa shape index (κ1) is 14.1. The van der Waals surface area contributed by atoms with E-state index < -0.39 is 18.0 Å². The molecule has 5 nitrogen and oxygen atoms in total. The lowest BCUT2D eigenvalue weighted by Gasteiger charge is -2.44. The van der Waals surface area contributed by atoms with Crippen LogP contribution in [0.2, 0.25) is 0 Å². The highest BCUT2D eigenvalue weighted by atomic mass is 127. The van der Waals surface area contributed by atoms with E-state index in [-0.39, 0.29) is 17.6 Å². The molecule has 0 saturated carbocycles. The first-order valence-electron chi connectivity index (χ1n) is 5.65. The predicted octanol–water partition coefficient (Wildman–Crippen LogP) is 1.06. The highest BCUT2D eigenvalue weighted by Gasteiger charge is 2.56. The lowest BCUT2D eigenvalue weighted by Crippen LogP contribution is -2.61. The number of amides is 1. The van der Waals surface area contributed by atoms with Crippen LogP contribution in [0, 0.1) is 5.92 Å². The predicted molar refractivity (Wildman–Crippen MR) is 76.4 cm³/mol. The van der Waals surface area contributed by atoms with Gasteiger partial charge in [0.15, 0.2) is 0 Å². The fourth-order valence-corrected chi connectivity index (χ4v) is 4.12. The molecule has 2 aliphatic rings. The molecule has 0 aromatic carbocycles. The summed E-state index contributed by atoms with van der Waals surface area (Å²) < 4.78 is 0.928. The first-order chi connectivity index (χ1) is 8.49. The second-order valence-corrected chi connectivity index (χ2v) is 6.63. The van der Waals surface area contributed by atoms with Gasteiger partial charge in [0.2, 0.25) is 5.91 Å². The van der Waals surface area contributed by atoms with Crippen molar-refractivity contribution in [1.82, 2.24) is 4.90 Å². The number of thioether (sulfide) groups is 1. The van der Waals surface area contributed by atoms with Crippen molar-refractivity contribution in [2.24, 2.45) is 5.92 Å². The molecule has 1 saturated heterocycles. The van der Waals surface area contributed by atoms with E-state index in [1.165, 1.54) is 16.7 Å². The summed E-state index contributed by atoms with van der Waals surface area (Å²) in [6.07, 6.45) is -0.160. The fraction of sp³-hybridized carbons (Fsp3) is 0.636. The van der Waals surface area contributed by atoms with Crippen molar-refractivity contribution < 1.29 is 19.8 Å². The summed E-state index contributed by atoms with van der Waals surface area (Å²) in [4.78, 5) is 25.2. The van der Waals surface area contributed by atoms with Crippen LogP contribution in [0.4, 0.5) is 0 Å². The van der Waals surface area contributed by atoms with Crippen molar-refractivity contribution in [2.45, 2.75) is 25.5 Å². The van der Waals surface area contributed by atoms with Gasteiger partial charge in [0.25, 0.3) is 0 Å². The van der Waals surface area contributed by atoms with Gasteiger partial charge in [0.1, 0.15) is 5.70 Å². The van der Waals surface area contributed by atoms with Gasteiger partial charge in [0.05, 0.1) is 18.1 Å². The molecule has 2 rings (SSSR count). The van der Waals surface area contributed by atoms with Crippen molar-refractivity contribution in [3.8, 4) is 0 Å². The normalized spacial score (nSPS) is 28.2. The van der Waals surface area contributed by atoms with Crippen LogP contribution < -0.4 is 0 Å². The van der Waals surface area contributed by atoms with Gasteiger partial charge in [-0.1, -0.05) is 22.6 Å². The number of aliphatic hydroxyl groups excluding tert-OH is 1. The Morgan fingerprint density at radius 2 is 2.33 bits per heavy atom. The quantitative estimate of drug-likeness (QED) is 0.422. The van der Waals surface area contributed by atoms with Crippen molar-refractivity contribution in [2.75, 3.05) is 10.2 Å². The smallest absolute Gasteiger partial charge is 0.353 e. The maximum Gasteiger partial charge on any atom is 0.353 e. The topological polar surface area (TPSA) is 77.8 Å². The highest BCUT2D eigenvalue weighted by molar-refractivity contribution is 14.1. The largest absolute Gasteiger partial charge is 0.477 e. The third-order valence-corrected chi connectivity index (χ3v) is 5.63. The minimum atomic E-state index is -1.05. The molecule has 0 aromatic heterocycles. The molecule has 7 heteroatoms. The number of rotatable bonds is 5. The molecule has 0 aromatic rings. The van der Waals surface area contributed by atoms with Crippen LogP contribution in [0.25, 0.3) is 0 Å². The number of alkyl halides is 1. The molecule has 3 atom stereocenters. The van der Waals surface area contributed by atoms with Crippen LogP contribution in [0.5, 0.6) is 0 Å². The number of carboxylic acids is 1. The second kappa shape index (κ2) is 5.38. The minimum absolute atomic E-state index is 0.122. The summed E-state index contributed by atoms with van der Waals surface area (Å²) in [6.45, 7) is 1.58. The van der Waals surface area contributed by atoms with Crippen LogP contribution in [-0.2, 0) is 9.59 Å². The van der Waals surface area contributed by atoms with E-state index in [4.69, 9.17) is 0 Å². The van der Waals surface area contributed by atoms with E-state index >= 15 is 0 Å². The molecule has 0 radical (unpaired) electrons. The zero-order chi connectivity index (χ0) is 13.4. The summed E-state index contributed by atoms with van der Waals surface area (Å²) >= 11 is 3.73. The van der Waals surface area contributed by atoms with E-state index in [2.05, 4.69) is 22.6 Å². The molecule has 0 aliphatic carbocycles. The summed E-state index contributed by atoms with van der Waals surface area (Å²) in [5, 5.41) is 18.8. The van der Waals surface area contributed by atoms with Gasteiger partial charge >= 0.3 is 5.97 Å². The number of β-lactam (4-membered cyclic amide) rings is 1. The highest BCUT2D eigenvalue weighted by Crippen LogP contribution is 2.46. The number of aliphatic carboxylic acids is 1. The number of hydrogen-bond acceptors (Lipinski definition) is 4. The molecule has 1 fully saturated rings. The fourth-order valence-electron chi connectivity index (χ4n) is 2.52. The number of fused-ring (bicyclic) bond motifs is 1. The zero-order valence-electron chi connectivity index (χ0n) is 9.80. The van der Waals surface area contributed by atoms with Gasteiger partial charge in [-0.15, -0.1) is 11.8 Å². The number of carbonyl (C=O) groups is 2. The molecule has 1 amide bonds. The Hall–Kier alpha value is -0.280. The Morgan fingerprint density at radius 3 is 2.83 bits per heavy atom. The van der Waals surface area contributed by atoms with Crippen molar-refractivity contribution in [3.63, 3.8) is 0 Å². The average Bonchev–Trinajstić information content (AvgIpc) is 2.60. The number of carbonyl (C=O) groups excluding carboxylic acids is 1. The van der Waals surface area contributed by atoms with Crippen molar-refractivity contribution in [3.05, 3.63) is 10.6 Å². The Kier molecular flexibility index (Phi) is 4.22. The number of aliphatic hydroxyl groups is 1. The lowest BCUT2D eigenvalue weighted by molar-refractivity contribution is -0.161. The maximum absolute atomic E-state index is 11.9. The Balaban J connectivity index is 2.21. The van der Waals surface area contributed by atoms with Crippen LogP contribution in [-0.4, -0.2) is 49.3 Å². The summed E-state index contributed by atoms with van der Waals surface area (Å²) in [5.41, 5.74) is 0.122. The van der Waals surface area contributed by atoms with Crippen LogP contribution in [0.1, 0.15) is 13.3 Å². The van der Waals surface area contributed by atoms with Gasteiger partial charge < -0.3 is 15.1 Å². The van der Waals surface area contributed by atoms with Crippen molar-refractivity contribution >= 4 is 46.2 Å². The molecule has 0 spiro atoms.